The van der Waals surface area contributed by atoms with Crippen LogP contribution in [0.1, 0.15) is 36.8 Å². The number of ether oxygens (including phenoxy) is 3. The van der Waals surface area contributed by atoms with Crippen LogP contribution in [0.4, 0.5) is 30.7 Å². The van der Waals surface area contributed by atoms with Crippen LogP contribution in [0, 0.1) is 46.6 Å². The molecule has 1 fully saturated rings. The fourth-order valence-corrected chi connectivity index (χ4v) is 3.90. The first-order chi connectivity index (χ1) is 17.6. The van der Waals surface area contributed by atoms with Crippen LogP contribution in [-0.2, 0) is 9.47 Å². The predicted octanol–water partition coefficient (Wildman–Crippen LogP) is 6.48. The Kier molecular flexibility index (Phi) is 8.05. The van der Waals surface area contributed by atoms with Crippen molar-refractivity contribution in [3.05, 3.63) is 88.2 Å². The number of halogens is 7. The minimum atomic E-state index is -1.76. The van der Waals surface area contributed by atoms with Crippen molar-refractivity contribution in [2.75, 3.05) is 19.8 Å². The highest BCUT2D eigenvalue weighted by molar-refractivity contribution is 5.65. The molecule has 4 nitrogen and oxygen atoms in total. The van der Waals surface area contributed by atoms with Crippen LogP contribution < -0.4 is 10.5 Å². The minimum Gasteiger partial charge on any atom is -0.487 e. The molecule has 1 aliphatic rings. The van der Waals surface area contributed by atoms with Gasteiger partial charge in [0.25, 0.3) is 0 Å². The van der Waals surface area contributed by atoms with Crippen LogP contribution >= 0.6 is 0 Å². The van der Waals surface area contributed by atoms with Crippen LogP contribution in [0.3, 0.4) is 0 Å². The van der Waals surface area contributed by atoms with Crippen LogP contribution in [-0.4, -0.2) is 19.8 Å². The van der Waals surface area contributed by atoms with Gasteiger partial charge in [-0.1, -0.05) is 6.92 Å². The van der Waals surface area contributed by atoms with Gasteiger partial charge in [0.1, 0.15) is 11.6 Å². The molecule has 0 amide bonds. The van der Waals surface area contributed by atoms with Gasteiger partial charge >= 0.3 is 0 Å². The topological polar surface area (TPSA) is 53.7 Å². The maximum absolute atomic E-state index is 14.7. The lowest BCUT2D eigenvalue weighted by atomic mass is 10.0. The van der Waals surface area contributed by atoms with E-state index in [2.05, 4.69) is 0 Å². The van der Waals surface area contributed by atoms with Crippen molar-refractivity contribution >= 4 is 0 Å². The summed E-state index contributed by atoms with van der Waals surface area (Å²) < 4.78 is 115. The molecule has 1 unspecified atom stereocenters. The molecular weight excluding hydrogens is 507 g/mol. The van der Waals surface area contributed by atoms with Gasteiger partial charge in [-0.3, -0.25) is 0 Å². The first kappa shape index (κ1) is 26.9. The quantitative estimate of drug-likeness (QED) is 0.281. The predicted molar refractivity (Wildman–Crippen MR) is 119 cm³/mol. The molecule has 0 aliphatic carbocycles. The average molecular weight is 529 g/mol. The van der Waals surface area contributed by atoms with Gasteiger partial charge in [-0.2, -0.15) is 0 Å². The Hall–Kier alpha value is -3.15. The van der Waals surface area contributed by atoms with E-state index in [1.807, 2.05) is 0 Å². The maximum atomic E-state index is 14.7. The molecule has 0 radical (unpaired) electrons. The van der Waals surface area contributed by atoms with E-state index in [0.717, 1.165) is 24.3 Å². The zero-order chi connectivity index (χ0) is 26.9. The van der Waals surface area contributed by atoms with Gasteiger partial charge < -0.3 is 19.9 Å². The summed E-state index contributed by atoms with van der Waals surface area (Å²) in [6.07, 6.45) is -0.684. The first-order valence-corrected chi connectivity index (χ1v) is 11.3. The third kappa shape index (κ3) is 5.73. The molecule has 1 heterocycles. The number of benzene rings is 3. The zero-order valence-electron chi connectivity index (χ0n) is 19.5. The molecule has 1 aliphatic heterocycles. The molecule has 3 aromatic rings. The highest BCUT2D eigenvalue weighted by Crippen LogP contribution is 2.34. The van der Waals surface area contributed by atoms with Crippen molar-refractivity contribution in [2.24, 2.45) is 11.7 Å². The van der Waals surface area contributed by atoms with Crippen molar-refractivity contribution in [3.8, 4) is 16.9 Å². The van der Waals surface area contributed by atoms with Gasteiger partial charge in [-0.25, -0.2) is 30.7 Å². The molecule has 198 valence electrons. The fraction of sp³-hybridized carbons (Fsp3) is 0.308. The van der Waals surface area contributed by atoms with Crippen LogP contribution in [0.15, 0.2) is 36.4 Å². The molecule has 0 spiro atoms. The van der Waals surface area contributed by atoms with E-state index < -0.39 is 75.8 Å². The lowest BCUT2D eigenvalue weighted by molar-refractivity contribution is -0.209. The van der Waals surface area contributed by atoms with Crippen molar-refractivity contribution in [3.63, 3.8) is 0 Å². The molecule has 1 atom stereocenters. The Morgan fingerprint density at radius 3 is 1.86 bits per heavy atom. The van der Waals surface area contributed by atoms with Crippen molar-refractivity contribution in [1.82, 2.24) is 0 Å². The van der Waals surface area contributed by atoms with Crippen LogP contribution in [0.2, 0.25) is 0 Å². The standard InChI is InChI=1S/C26H22F7NO3/c1-2-22(34)13-3-20(31)25(21(32)4-13)35-9-12-10-36-26(37-11-12)15-7-16(27)23(17(28)8-15)14-5-18(29)24(33)19(30)6-14/h3-8,12,22,26H,2,9-11,34H2,1H3. The first-order valence-electron chi connectivity index (χ1n) is 11.3. The summed E-state index contributed by atoms with van der Waals surface area (Å²) in [7, 11) is 0. The van der Waals surface area contributed by atoms with E-state index in [0.29, 0.717) is 24.1 Å². The van der Waals surface area contributed by atoms with Crippen molar-refractivity contribution in [2.45, 2.75) is 25.7 Å². The number of hydrogen-bond donors (Lipinski definition) is 1. The van der Waals surface area contributed by atoms with Gasteiger partial charge in [0.2, 0.25) is 0 Å². The second-order valence-electron chi connectivity index (χ2n) is 8.62. The molecular formula is C26H22F7NO3. The second-order valence-corrected chi connectivity index (χ2v) is 8.62. The van der Waals surface area contributed by atoms with E-state index in [-0.39, 0.29) is 25.4 Å². The van der Waals surface area contributed by atoms with Crippen LogP contribution in [0.5, 0.6) is 5.75 Å². The molecule has 37 heavy (non-hydrogen) atoms. The van der Waals surface area contributed by atoms with E-state index in [1.165, 1.54) is 0 Å². The van der Waals surface area contributed by atoms with Gasteiger partial charge in [-0.05, 0) is 53.9 Å². The fourth-order valence-electron chi connectivity index (χ4n) is 3.90. The molecule has 0 aromatic heterocycles. The summed E-state index contributed by atoms with van der Waals surface area (Å²) in [6, 6.07) is 4.40. The maximum Gasteiger partial charge on any atom is 0.194 e. The Bertz CT molecular complexity index is 1230. The van der Waals surface area contributed by atoms with E-state index >= 15 is 0 Å². The molecule has 11 heteroatoms. The zero-order valence-corrected chi connectivity index (χ0v) is 19.5. The summed E-state index contributed by atoms with van der Waals surface area (Å²) in [4.78, 5) is 0. The van der Waals surface area contributed by atoms with E-state index in [9.17, 15) is 30.7 Å². The Morgan fingerprint density at radius 2 is 1.35 bits per heavy atom. The summed E-state index contributed by atoms with van der Waals surface area (Å²) in [5.41, 5.74) is 4.78. The largest absolute Gasteiger partial charge is 0.487 e. The molecule has 0 saturated carbocycles. The van der Waals surface area contributed by atoms with E-state index in [4.69, 9.17) is 19.9 Å². The van der Waals surface area contributed by atoms with Gasteiger partial charge in [-0.15, -0.1) is 0 Å². The number of hydrogen-bond acceptors (Lipinski definition) is 4. The number of rotatable bonds is 7. The second kappa shape index (κ2) is 11.1. The summed E-state index contributed by atoms with van der Waals surface area (Å²) in [5.74, 6) is -10.1. The number of nitrogens with two attached hydrogens (primary N) is 1. The third-order valence-corrected chi connectivity index (χ3v) is 5.93. The highest BCUT2D eigenvalue weighted by Gasteiger charge is 2.28. The molecule has 4 rings (SSSR count). The smallest absolute Gasteiger partial charge is 0.194 e. The summed E-state index contributed by atoms with van der Waals surface area (Å²) in [6.45, 7) is 1.58. The van der Waals surface area contributed by atoms with Crippen molar-refractivity contribution < 1.29 is 44.9 Å². The van der Waals surface area contributed by atoms with Crippen LogP contribution in [0.25, 0.3) is 11.1 Å². The monoisotopic (exact) mass is 529 g/mol. The molecule has 2 N–H and O–H groups in total. The van der Waals surface area contributed by atoms with Gasteiger partial charge in [0.05, 0.1) is 25.4 Å². The van der Waals surface area contributed by atoms with Gasteiger partial charge in [0.15, 0.2) is 41.1 Å². The third-order valence-electron chi connectivity index (χ3n) is 5.93. The molecule has 1 saturated heterocycles. The summed E-state index contributed by atoms with van der Waals surface area (Å²) >= 11 is 0. The average Bonchev–Trinajstić information content (AvgIpc) is 2.86. The minimum absolute atomic E-state index is 0.0218. The Balaban J connectivity index is 1.40. The Labute approximate surface area is 207 Å². The lowest BCUT2D eigenvalue weighted by Gasteiger charge is -2.30. The molecule has 3 aromatic carbocycles. The molecule has 0 bridgehead atoms. The normalized spacial score (nSPS) is 18.6. The van der Waals surface area contributed by atoms with Gasteiger partial charge in [0, 0.05) is 17.5 Å². The lowest BCUT2D eigenvalue weighted by Crippen LogP contribution is -2.31. The summed E-state index contributed by atoms with van der Waals surface area (Å²) in [5, 5.41) is 0. The highest BCUT2D eigenvalue weighted by atomic mass is 19.2. The SMILES string of the molecule is CCC(N)c1cc(F)c(OCC2COC(c3cc(F)c(-c4cc(F)c(F)c(F)c4)c(F)c3)OC2)c(F)c1. The van der Waals surface area contributed by atoms with E-state index in [1.54, 1.807) is 6.92 Å². The Morgan fingerprint density at radius 1 is 0.811 bits per heavy atom. The van der Waals surface area contributed by atoms with Crippen molar-refractivity contribution in [1.29, 1.82) is 0 Å².